The lowest BCUT2D eigenvalue weighted by Crippen LogP contribution is -2.60. The average molecular weight is 382 g/mol. The molecule has 8 nitrogen and oxygen atoms in total. The third-order valence-corrected chi connectivity index (χ3v) is 4.07. The first-order valence-corrected chi connectivity index (χ1v) is 8.92. The lowest BCUT2D eigenvalue weighted by molar-refractivity contribution is -0.307. The van der Waals surface area contributed by atoms with Gasteiger partial charge in [-0.2, -0.15) is 0 Å². The van der Waals surface area contributed by atoms with Gasteiger partial charge in [0.1, 0.15) is 24.9 Å². The zero-order valence-electron chi connectivity index (χ0n) is 15.4. The first-order chi connectivity index (χ1) is 12.9. The van der Waals surface area contributed by atoms with Crippen molar-refractivity contribution in [2.75, 3.05) is 6.61 Å². The number of hydrogen-bond donors (Lipinski definition) is 2. The Morgan fingerprint density at radius 1 is 1.15 bits per heavy atom. The fourth-order valence-electron chi connectivity index (χ4n) is 2.67. The van der Waals surface area contributed by atoms with Gasteiger partial charge >= 0.3 is 11.9 Å². The quantitative estimate of drug-likeness (QED) is 0.639. The van der Waals surface area contributed by atoms with E-state index in [0.717, 1.165) is 5.56 Å². The summed E-state index contributed by atoms with van der Waals surface area (Å²) in [5, 5.41) is 20.7. The largest absolute Gasteiger partial charge is 0.463 e. The van der Waals surface area contributed by atoms with Gasteiger partial charge in [0.15, 0.2) is 12.4 Å². The van der Waals surface area contributed by atoms with Crippen LogP contribution in [-0.4, -0.2) is 59.5 Å². The standard InChI is InChI=1S/C19H26O8/c1-3-7-15(21)27-18-17(23)16(22)14(11-24-12(2)20)26-19(18)25-10-13-8-5-4-6-9-13/h4-6,8-9,14,16-19,22-23H,3,7,10-11H2,1-2H3/t14-,16-,17+,18-,19+/m0/s1. The van der Waals surface area contributed by atoms with Crippen molar-refractivity contribution in [2.24, 2.45) is 0 Å². The molecule has 0 radical (unpaired) electrons. The molecule has 0 spiro atoms. The van der Waals surface area contributed by atoms with Crippen molar-refractivity contribution in [3.8, 4) is 0 Å². The van der Waals surface area contributed by atoms with Crippen LogP contribution >= 0.6 is 0 Å². The molecule has 0 unspecified atom stereocenters. The minimum Gasteiger partial charge on any atom is -0.463 e. The van der Waals surface area contributed by atoms with Gasteiger partial charge in [-0.3, -0.25) is 9.59 Å². The molecule has 2 rings (SSSR count). The Bertz CT molecular complexity index is 605. The van der Waals surface area contributed by atoms with Crippen LogP contribution in [0.25, 0.3) is 0 Å². The van der Waals surface area contributed by atoms with E-state index in [2.05, 4.69) is 0 Å². The maximum absolute atomic E-state index is 11.9. The van der Waals surface area contributed by atoms with Gasteiger partial charge in [-0.05, 0) is 12.0 Å². The number of aliphatic hydroxyl groups excluding tert-OH is 2. The highest BCUT2D eigenvalue weighted by atomic mass is 16.7. The van der Waals surface area contributed by atoms with E-state index >= 15 is 0 Å². The topological polar surface area (TPSA) is 112 Å². The van der Waals surface area contributed by atoms with E-state index in [1.807, 2.05) is 37.3 Å². The minimum absolute atomic E-state index is 0.149. The lowest BCUT2D eigenvalue weighted by Gasteiger charge is -2.41. The molecule has 1 aromatic carbocycles. The molecule has 1 aliphatic rings. The molecule has 1 saturated heterocycles. The van der Waals surface area contributed by atoms with Crippen LogP contribution in [0.4, 0.5) is 0 Å². The summed E-state index contributed by atoms with van der Waals surface area (Å²) >= 11 is 0. The van der Waals surface area contributed by atoms with Crippen LogP contribution in [0.3, 0.4) is 0 Å². The van der Waals surface area contributed by atoms with Crippen LogP contribution in [-0.2, 0) is 35.1 Å². The molecular formula is C19H26O8. The van der Waals surface area contributed by atoms with Gasteiger partial charge in [-0.1, -0.05) is 37.3 Å². The van der Waals surface area contributed by atoms with Crippen molar-refractivity contribution in [2.45, 2.75) is 64.0 Å². The zero-order valence-corrected chi connectivity index (χ0v) is 15.4. The molecule has 0 aromatic heterocycles. The number of rotatable bonds is 8. The maximum Gasteiger partial charge on any atom is 0.306 e. The number of hydrogen-bond acceptors (Lipinski definition) is 8. The Labute approximate surface area is 158 Å². The molecule has 0 bridgehead atoms. The Balaban J connectivity index is 2.10. The molecule has 1 fully saturated rings. The van der Waals surface area contributed by atoms with Crippen molar-refractivity contribution in [1.82, 2.24) is 0 Å². The van der Waals surface area contributed by atoms with Gasteiger partial charge in [-0.25, -0.2) is 0 Å². The second-order valence-corrected chi connectivity index (χ2v) is 6.33. The third kappa shape index (κ3) is 6.28. The van der Waals surface area contributed by atoms with Crippen LogP contribution in [0.2, 0.25) is 0 Å². The second kappa shape index (κ2) is 10.4. The Hall–Kier alpha value is -2.00. The number of ether oxygens (including phenoxy) is 4. The Kier molecular flexibility index (Phi) is 8.18. The Morgan fingerprint density at radius 2 is 1.85 bits per heavy atom. The molecule has 0 aliphatic carbocycles. The molecule has 27 heavy (non-hydrogen) atoms. The van der Waals surface area contributed by atoms with Gasteiger partial charge < -0.3 is 29.2 Å². The van der Waals surface area contributed by atoms with E-state index in [0.29, 0.717) is 6.42 Å². The fourth-order valence-corrected chi connectivity index (χ4v) is 2.67. The summed E-state index contributed by atoms with van der Waals surface area (Å²) in [5.41, 5.74) is 0.858. The first-order valence-electron chi connectivity index (χ1n) is 8.92. The molecule has 1 heterocycles. The average Bonchev–Trinajstić information content (AvgIpc) is 2.65. The van der Waals surface area contributed by atoms with Crippen molar-refractivity contribution in [1.29, 1.82) is 0 Å². The van der Waals surface area contributed by atoms with Crippen LogP contribution < -0.4 is 0 Å². The fraction of sp³-hybridized carbons (Fsp3) is 0.579. The molecule has 0 saturated carbocycles. The predicted octanol–water partition coefficient (Wildman–Crippen LogP) is 0.925. The maximum atomic E-state index is 11.9. The van der Waals surface area contributed by atoms with Crippen LogP contribution in [0.1, 0.15) is 32.3 Å². The van der Waals surface area contributed by atoms with E-state index in [1.165, 1.54) is 6.92 Å². The molecule has 8 heteroatoms. The van der Waals surface area contributed by atoms with E-state index in [1.54, 1.807) is 0 Å². The van der Waals surface area contributed by atoms with Crippen LogP contribution in [0, 0.1) is 0 Å². The van der Waals surface area contributed by atoms with Gasteiger partial charge in [0.05, 0.1) is 6.61 Å². The number of carbonyl (C=O) groups excluding carboxylic acids is 2. The summed E-state index contributed by atoms with van der Waals surface area (Å²) in [5.74, 6) is -1.07. The van der Waals surface area contributed by atoms with Gasteiger partial charge in [-0.15, -0.1) is 0 Å². The molecule has 5 atom stereocenters. The van der Waals surface area contributed by atoms with E-state index in [-0.39, 0.29) is 19.6 Å². The molecule has 150 valence electrons. The van der Waals surface area contributed by atoms with Crippen molar-refractivity contribution >= 4 is 11.9 Å². The molecule has 2 N–H and O–H groups in total. The van der Waals surface area contributed by atoms with E-state index in [4.69, 9.17) is 18.9 Å². The highest BCUT2D eigenvalue weighted by Crippen LogP contribution is 2.26. The van der Waals surface area contributed by atoms with Gasteiger partial charge in [0, 0.05) is 13.3 Å². The van der Waals surface area contributed by atoms with E-state index < -0.39 is 42.6 Å². The summed E-state index contributed by atoms with van der Waals surface area (Å²) in [6.07, 6.45) is -5.43. The number of aliphatic hydroxyl groups is 2. The molecule has 1 aliphatic heterocycles. The van der Waals surface area contributed by atoms with Crippen LogP contribution in [0.5, 0.6) is 0 Å². The third-order valence-electron chi connectivity index (χ3n) is 4.07. The highest BCUT2D eigenvalue weighted by Gasteiger charge is 2.47. The number of esters is 2. The summed E-state index contributed by atoms with van der Waals surface area (Å²) in [7, 11) is 0. The highest BCUT2D eigenvalue weighted by molar-refractivity contribution is 5.69. The predicted molar refractivity (Wildman–Crippen MR) is 93.3 cm³/mol. The van der Waals surface area contributed by atoms with E-state index in [9.17, 15) is 19.8 Å². The van der Waals surface area contributed by atoms with Crippen molar-refractivity contribution in [3.05, 3.63) is 35.9 Å². The van der Waals surface area contributed by atoms with Crippen molar-refractivity contribution in [3.63, 3.8) is 0 Å². The van der Waals surface area contributed by atoms with Gasteiger partial charge in [0.25, 0.3) is 0 Å². The summed E-state index contributed by atoms with van der Waals surface area (Å²) in [6, 6.07) is 9.26. The summed E-state index contributed by atoms with van der Waals surface area (Å²) in [4.78, 5) is 22.9. The lowest BCUT2D eigenvalue weighted by atomic mass is 9.99. The first kappa shape index (κ1) is 21.3. The second-order valence-electron chi connectivity index (χ2n) is 6.33. The monoisotopic (exact) mass is 382 g/mol. The van der Waals surface area contributed by atoms with Crippen molar-refractivity contribution < 1.29 is 38.7 Å². The zero-order chi connectivity index (χ0) is 19.8. The Morgan fingerprint density at radius 3 is 2.48 bits per heavy atom. The molecule has 1 aromatic rings. The minimum atomic E-state index is -1.44. The van der Waals surface area contributed by atoms with Gasteiger partial charge in [0.2, 0.25) is 0 Å². The molecule has 0 amide bonds. The normalized spacial score (nSPS) is 27.8. The number of benzene rings is 1. The summed E-state index contributed by atoms with van der Waals surface area (Å²) in [6.45, 7) is 2.94. The van der Waals surface area contributed by atoms with Crippen LogP contribution in [0.15, 0.2) is 30.3 Å². The SMILES string of the molecule is CCCC(=O)O[C@@H]1[C@H](OCc2ccccc2)O[C@@H](COC(C)=O)[C@H](O)[C@H]1O. The number of carbonyl (C=O) groups is 2. The summed E-state index contributed by atoms with van der Waals surface area (Å²) < 4.78 is 21.5. The smallest absolute Gasteiger partial charge is 0.306 e. The molecular weight excluding hydrogens is 356 g/mol.